The van der Waals surface area contributed by atoms with Crippen molar-refractivity contribution in [3.05, 3.63) is 10.4 Å². The van der Waals surface area contributed by atoms with E-state index in [0.717, 1.165) is 25.7 Å². The molecule has 0 bridgehead atoms. The van der Waals surface area contributed by atoms with Crippen LogP contribution < -0.4 is 5.73 Å². The molecule has 0 aliphatic heterocycles. The van der Waals surface area contributed by atoms with Gasteiger partial charge in [0.1, 0.15) is 0 Å². The first kappa shape index (κ1) is 8.37. The van der Waals surface area contributed by atoms with E-state index in [1.807, 2.05) is 0 Å². The third kappa shape index (κ3) is 1.85. The van der Waals surface area contributed by atoms with Crippen molar-refractivity contribution in [1.29, 1.82) is 0 Å². The third-order valence-corrected chi connectivity index (χ3v) is 2.42. The fourth-order valence-corrected chi connectivity index (χ4v) is 1.65. The van der Waals surface area contributed by atoms with Crippen LogP contribution in [0.1, 0.15) is 32.1 Å². The Labute approximate surface area is 66.4 Å². The van der Waals surface area contributed by atoms with Crippen molar-refractivity contribution in [3.8, 4) is 0 Å². The molecule has 4 nitrogen and oxygen atoms in total. The van der Waals surface area contributed by atoms with E-state index >= 15 is 0 Å². The van der Waals surface area contributed by atoms with Gasteiger partial charge in [0.25, 0.3) is 0 Å². The maximum absolute atomic E-state index is 8.32. The molecule has 1 aliphatic rings. The molecule has 1 aliphatic carbocycles. The van der Waals surface area contributed by atoms with Crippen LogP contribution in [-0.4, -0.2) is 12.1 Å². The Kier molecular flexibility index (Phi) is 2.74. The number of rotatable bonds is 2. The molecule has 11 heavy (non-hydrogen) atoms. The average Bonchev–Trinajstić information content (AvgIpc) is 2.07. The summed E-state index contributed by atoms with van der Waals surface area (Å²) in [5, 5.41) is 3.79. The van der Waals surface area contributed by atoms with E-state index in [4.69, 9.17) is 11.3 Å². The highest BCUT2D eigenvalue weighted by Gasteiger charge is 2.28. The zero-order valence-electron chi connectivity index (χ0n) is 6.66. The molecule has 0 unspecified atom stereocenters. The molecule has 0 aromatic carbocycles. The molecule has 2 N–H and O–H groups in total. The molecule has 0 amide bonds. The van der Waals surface area contributed by atoms with Gasteiger partial charge < -0.3 is 5.73 Å². The van der Waals surface area contributed by atoms with Crippen molar-refractivity contribution >= 4 is 0 Å². The van der Waals surface area contributed by atoms with Crippen molar-refractivity contribution in [2.45, 2.75) is 37.6 Å². The SMILES string of the molecule is [N-]=[N+]=NC1(CN)CCCCC1. The minimum Gasteiger partial charge on any atom is -0.330 e. The molecular weight excluding hydrogens is 140 g/mol. The van der Waals surface area contributed by atoms with E-state index in [0.29, 0.717) is 6.54 Å². The van der Waals surface area contributed by atoms with E-state index in [1.165, 1.54) is 6.42 Å². The fraction of sp³-hybridized carbons (Fsp3) is 1.00. The molecule has 0 aromatic heterocycles. The van der Waals surface area contributed by atoms with Gasteiger partial charge >= 0.3 is 0 Å². The second kappa shape index (κ2) is 3.60. The van der Waals surface area contributed by atoms with Crippen LogP contribution >= 0.6 is 0 Å². The molecule has 1 saturated carbocycles. The highest BCUT2D eigenvalue weighted by atomic mass is 15.2. The minimum atomic E-state index is -0.243. The van der Waals surface area contributed by atoms with Crippen LogP contribution in [0.3, 0.4) is 0 Å². The van der Waals surface area contributed by atoms with E-state index in [-0.39, 0.29) is 5.54 Å². The van der Waals surface area contributed by atoms with Crippen LogP contribution in [0.25, 0.3) is 10.4 Å². The summed E-state index contributed by atoms with van der Waals surface area (Å²) in [5.41, 5.74) is 13.6. The van der Waals surface area contributed by atoms with Crippen LogP contribution in [0, 0.1) is 0 Å². The van der Waals surface area contributed by atoms with Crippen LogP contribution in [0.4, 0.5) is 0 Å². The summed E-state index contributed by atoms with van der Waals surface area (Å²) in [7, 11) is 0. The van der Waals surface area contributed by atoms with Crippen molar-refractivity contribution in [2.24, 2.45) is 10.8 Å². The number of azide groups is 1. The number of hydrogen-bond acceptors (Lipinski definition) is 2. The van der Waals surface area contributed by atoms with Gasteiger partial charge in [-0.1, -0.05) is 24.4 Å². The Morgan fingerprint density at radius 1 is 1.36 bits per heavy atom. The van der Waals surface area contributed by atoms with E-state index in [9.17, 15) is 0 Å². The van der Waals surface area contributed by atoms with E-state index in [2.05, 4.69) is 10.0 Å². The van der Waals surface area contributed by atoms with Gasteiger partial charge in [-0.25, -0.2) is 0 Å². The van der Waals surface area contributed by atoms with Crippen LogP contribution in [0.15, 0.2) is 5.11 Å². The maximum Gasteiger partial charge on any atom is 0.0610 e. The minimum absolute atomic E-state index is 0.243. The summed E-state index contributed by atoms with van der Waals surface area (Å²) in [4.78, 5) is 2.85. The summed E-state index contributed by atoms with van der Waals surface area (Å²) < 4.78 is 0. The monoisotopic (exact) mass is 154 g/mol. The van der Waals surface area contributed by atoms with E-state index < -0.39 is 0 Å². The Morgan fingerprint density at radius 3 is 2.45 bits per heavy atom. The Hall–Kier alpha value is -0.730. The molecule has 1 fully saturated rings. The normalized spacial score (nSPS) is 22.3. The molecule has 0 heterocycles. The molecule has 0 aromatic rings. The predicted molar refractivity (Wildman–Crippen MR) is 44.0 cm³/mol. The van der Waals surface area contributed by atoms with Crippen LogP contribution in [-0.2, 0) is 0 Å². The average molecular weight is 154 g/mol. The van der Waals surface area contributed by atoms with Crippen LogP contribution in [0.2, 0.25) is 0 Å². The van der Waals surface area contributed by atoms with Gasteiger partial charge in [0.2, 0.25) is 0 Å². The van der Waals surface area contributed by atoms with Crippen LogP contribution in [0.5, 0.6) is 0 Å². The van der Waals surface area contributed by atoms with Gasteiger partial charge in [0.05, 0.1) is 5.54 Å². The van der Waals surface area contributed by atoms with Gasteiger partial charge in [-0.15, -0.1) is 0 Å². The highest BCUT2D eigenvalue weighted by molar-refractivity contribution is 4.91. The largest absolute Gasteiger partial charge is 0.330 e. The number of nitrogens with zero attached hydrogens (tertiary/aromatic N) is 3. The third-order valence-electron chi connectivity index (χ3n) is 2.42. The quantitative estimate of drug-likeness (QED) is 0.368. The zero-order chi connectivity index (χ0) is 8.16. The summed E-state index contributed by atoms with van der Waals surface area (Å²) >= 11 is 0. The lowest BCUT2D eigenvalue weighted by atomic mass is 9.83. The van der Waals surface area contributed by atoms with Crippen molar-refractivity contribution in [3.63, 3.8) is 0 Å². The topological polar surface area (TPSA) is 74.8 Å². The second-order valence-electron chi connectivity index (χ2n) is 3.18. The van der Waals surface area contributed by atoms with Gasteiger partial charge in [-0.05, 0) is 18.4 Å². The second-order valence-corrected chi connectivity index (χ2v) is 3.18. The number of nitrogens with two attached hydrogens (primary N) is 1. The summed E-state index contributed by atoms with van der Waals surface area (Å²) in [5.74, 6) is 0. The Morgan fingerprint density at radius 2 is 2.00 bits per heavy atom. The predicted octanol–water partition coefficient (Wildman–Crippen LogP) is 1.96. The maximum atomic E-state index is 8.32. The van der Waals surface area contributed by atoms with Crippen molar-refractivity contribution in [2.75, 3.05) is 6.54 Å². The van der Waals surface area contributed by atoms with Gasteiger partial charge in [-0.3, -0.25) is 0 Å². The Balaban J connectivity index is 2.64. The lowest BCUT2D eigenvalue weighted by Crippen LogP contribution is -2.37. The fourth-order valence-electron chi connectivity index (χ4n) is 1.65. The number of hydrogen-bond donors (Lipinski definition) is 1. The van der Waals surface area contributed by atoms with Crippen molar-refractivity contribution < 1.29 is 0 Å². The molecule has 0 spiro atoms. The lowest BCUT2D eigenvalue weighted by molar-refractivity contribution is 0.303. The molecule has 62 valence electrons. The Bertz CT molecular complexity index is 165. The first-order valence-corrected chi connectivity index (χ1v) is 4.09. The first-order chi connectivity index (χ1) is 5.33. The first-order valence-electron chi connectivity index (χ1n) is 4.09. The van der Waals surface area contributed by atoms with Gasteiger partial charge in [-0.2, -0.15) is 0 Å². The van der Waals surface area contributed by atoms with Crippen molar-refractivity contribution in [1.82, 2.24) is 0 Å². The summed E-state index contributed by atoms with van der Waals surface area (Å²) in [6.07, 6.45) is 5.48. The van der Waals surface area contributed by atoms with Gasteiger partial charge in [0.15, 0.2) is 0 Å². The lowest BCUT2D eigenvalue weighted by Gasteiger charge is -2.30. The highest BCUT2D eigenvalue weighted by Crippen LogP contribution is 2.30. The van der Waals surface area contributed by atoms with Gasteiger partial charge in [0, 0.05) is 11.5 Å². The zero-order valence-corrected chi connectivity index (χ0v) is 6.66. The molecule has 0 atom stereocenters. The summed E-state index contributed by atoms with van der Waals surface area (Å²) in [6, 6.07) is 0. The van der Waals surface area contributed by atoms with E-state index in [1.54, 1.807) is 0 Å². The molecule has 0 saturated heterocycles. The molecule has 0 radical (unpaired) electrons. The summed E-state index contributed by atoms with van der Waals surface area (Å²) in [6.45, 7) is 0.497. The smallest absolute Gasteiger partial charge is 0.0610 e. The molecule has 1 rings (SSSR count). The molecule has 4 heteroatoms. The molecular formula is C7H14N4. The standard InChI is InChI=1S/C7H14N4/c8-6-7(10-11-9)4-2-1-3-5-7/h1-6,8H2.